The Kier molecular flexibility index (Phi) is 5.83. The highest BCUT2D eigenvalue weighted by Crippen LogP contribution is 2.44. The molecule has 0 unspecified atom stereocenters. The smallest absolute Gasteiger partial charge is 0.160 e. The SMILES string of the molecule is c1ccc(-c2nc(-c3ccc(-n4c5ccccc5c5ccc6c(ccc7ccc8sc9ccccc9c8c76)c54)cc3)nc3ccccc23)cc1. The lowest BCUT2D eigenvalue weighted by Crippen LogP contribution is -1.97. The lowest BCUT2D eigenvalue weighted by atomic mass is 9.96. The molecule has 0 atom stereocenters. The standard InChI is InChI=1S/C46H27N3S/c1-2-10-29(11-3-1)44-36-13-4-7-15-38(36)47-46(48-44)30-18-22-31(23-19-30)49-39-16-8-5-12-32(39)34-26-25-33-35(45(34)49)24-20-28-21-27-41-43(42(28)33)37-14-6-9-17-40(37)50-41/h1-27H. The molecule has 3 heterocycles. The summed E-state index contributed by atoms with van der Waals surface area (Å²) in [7, 11) is 0. The van der Waals surface area contributed by atoms with E-state index in [0.717, 1.165) is 39.2 Å². The van der Waals surface area contributed by atoms with Crippen molar-refractivity contribution >= 4 is 85.8 Å². The summed E-state index contributed by atoms with van der Waals surface area (Å²) >= 11 is 1.88. The van der Waals surface area contributed by atoms with E-state index in [4.69, 9.17) is 9.97 Å². The number of aromatic nitrogens is 3. The number of benzene rings is 8. The quantitative estimate of drug-likeness (QED) is 0.178. The van der Waals surface area contributed by atoms with Gasteiger partial charge in [-0.05, 0) is 64.7 Å². The van der Waals surface area contributed by atoms with E-state index in [1.807, 2.05) is 23.5 Å². The van der Waals surface area contributed by atoms with Crippen LogP contribution in [0.4, 0.5) is 0 Å². The maximum Gasteiger partial charge on any atom is 0.160 e. The van der Waals surface area contributed by atoms with Crippen LogP contribution in [-0.2, 0) is 0 Å². The van der Waals surface area contributed by atoms with Crippen molar-refractivity contribution in [3.8, 4) is 28.3 Å². The normalized spacial score (nSPS) is 12.0. The van der Waals surface area contributed by atoms with Crippen LogP contribution in [-0.4, -0.2) is 14.5 Å². The average molecular weight is 654 g/mol. The molecule has 11 rings (SSSR count). The maximum absolute atomic E-state index is 5.13. The molecule has 232 valence electrons. The Morgan fingerprint density at radius 2 is 1.10 bits per heavy atom. The summed E-state index contributed by atoms with van der Waals surface area (Å²) < 4.78 is 5.09. The van der Waals surface area contributed by atoms with Crippen LogP contribution in [0.15, 0.2) is 164 Å². The molecular formula is C46H27N3S. The second-order valence-electron chi connectivity index (χ2n) is 12.9. The molecule has 0 fully saturated rings. The predicted molar refractivity (Wildman–Crippen MR) is 213 cm³/mol. The number of hydrogen-bond donors (Lipinski definition) is 0. The first-order chi connectivity index (χ1) is 24.8. The van der Waals surface area contributed by atoms with Gasteiger partial charge in [0.2, 0.25) is 0 Å². The topological polar surface area (TPSA) is 30.7 Å². The molecule has 0 spiro atoms. The van der Waals surface area contributed by atoms with Crippen molar-refractivity contribution < 1.29 is 0 Å². The van der Waals surface area contributed by atoms with E-state index in [-0.39, 0.29) is 0 Å². The molecule has 4 heteroatoms. The molecule has 3 nitrogen and oxygen atoms in total. The Labute approximate surface area is 291 Å². The number of fused-ring (bicyclic) bond motifs is 12. The van der Waals surface area contributed by atoms with Gasteiger partial charge in [-0.15, -0.1) is 11.3 Å². The van der Waals surface area contributed by atoms with Crippen LogP contribution < -0.4 is 0 Å². The Bertz CT molecular complexity index is 3140. The summed E-state index contributed by atoms with van der Waals surface area (Å²) in [5.41, 5.74) is 7.48. The van der Waals surface area contributed by atoms with Crippen molar-refractivity contribution in [2.24, 2.45) is 0 Å². The molecule has 0 radical (unpaired) electrons. The lowest BCUT2D eigenvalue weighted by Gasteiger charge is -2.13. The van der Waals surface area contributed by atoms with Gasteiger partial charge in [-0.2, -0.15) is 0 Å². The molecule has 8 aromatic carbocycles. The number of nitrogens with zero attached hydrogens (tertiary/aromatic N) is 3. The molecule has 0 aliphatic rings. The Morgan fingerprint density at radius 1 is 0.420 bits per heavy atom. The van der Waals surface area contributed by atoms with Crippen LogP contribution in [0.25, 0.3) is 103 Å². The Morgan fingerprint density at radius 3 is 1.98 bits per heavy atom. The van der Waals surface area contributed by atoms with Gasteiger partial charge in [0.15, 0.2) is 5.82 Å². The van der Waals surface area contributed by atoms with E-state index >= 15 is 0 Å². The van der Waals surface area contributed by atoms with Crippen molar-refractivity contribution in [3.05, 3.63) is 164 Å². The largest absolute Gasteiger partial charge is 0.309 e. The zero-order valence-electron chi connectivity index (χ0n) is 26.8. The van der Waals surface area contributed by atoms with E-state index in [0.29, 0.717) is 0 Å². The van der Waals surface area contributed by atoms with Gasteiger partial charge in [-0.25, -0.2) is 9.97 Å². The zero-order valence-corrected chi connectivity index (χ0v) is 27.7. The molecule has 0 saturated carbocycles. The first-order valence-electron chi connectivity index (χ1n) is 16.9. The Hall–Kier alpha value is -6.36. The van der Waals surface area contributed by atoms with Crippen LogP contribution in [0.2, 0.25) is 0 Å². The van der Waals surface area contributed by atoms with Crippen molar-refractivity contribution in [2.75, 3.05) is 0 Å². The summed E-state index contributed by atoms with van der Waals surface area (Å²) in [6, 6.07) is 58.8. The first kappa shape index (κ1) is 27.6. The van der Waals surface area contributed by atoms with Crippen LogP contribution in [0.1, 0.15) is 0 Å². The molecule has 0 saturated heterocycles. The molecule has 0 amide bonds. The molecule has 50 heavy (non-hydrogen) atoms. The van der Waals surface area contributed by atoms with Crippen LogP contribution in [0, 0.1) is 0 Å². The molecule has 0 N–H and O–H groups in total. The van der Waals surface area contributed by atoms with Gasteiger partial charge in [0, 0.05) is 58.5 Å². The summed E-state index contributed by atoms with van der Waals surface area (Å²) in [4.78, 5) is 10.1. The highest BCUT2D eigenvalue weighted by atomic mass is 32.1. The van der Waals surface area contributed by atoms with Crippen molar-refractivity contribution in [1.82, 2.24) is 14.5 Å². The second kappa shape index (κ2) is 10.6. The van der Waals surface area contributed by atoms with Gasteiger partial charge in [0.1, 0.15) is 0 Å². The third-order valence-corrected chi connectivity index (χ3v) is 11.3. The minimum atomic E-state index is 0.722. The maximum atomic E-state index is 5.13. The third-order valence-electron chi connectivity index (χ3n) is 10.2. The van der Waals surface area contributed by atoms with E-state index in [1.54, 1.807) is 0 Å². The van der Waals surface area contributed by atoms with Crippen LogP contribution in [0.5, 0.6) is 0 Å². The molecule has 0 aliphatic carbocycles. The van der Waals surface area contributed by atoms with E-state index in [9.17, 15) is 0 Å². The minimum Gasteiger partial charge on any atom is -0.309 e. The minimum absolute atomic E-state index is 0.722. The van der Waals surface area contributed by atoms with Crippen LogP contribution in [0.3, 0.4) is 0 Å². The summed E-state index contributed by atoms with van der Waals surface area (Å²) in [6.45, 7) is 0. The zero-order chi connectivity index (χ0) is 32.8. The van der Waals surface area contributed by atoms with E-state index in [1.165, 1.54) is 63.5 Å². The lowest BCUT2D eigenvalue weighted by molar-refractivity contribution is 1.18. The fourth-order valence-corrected chi connectivity index (χ4v) is 9.07. The highest BCUT2D eigenvalue weighted by molar-refractivity contribution is 7.26. The highest BCUT2D eigenvalue weighted by Gasteiger charge is 2.18. The fraction of sp³-hybridized carbons (Fsp3) is 0. The average Bonchev–Trinajstić information content (AvgIpc) is 3.74. The van der Waals surface area contributed by atoms with Gasteiger partial charge >= 0.3 is 0 Å². The number of thiophene rings is 1. The van der Waals surface area contributed by atoms with Gasteiger partial charge < -0.3 is 4.57 Å². The first-order valence-corrected chi connectivity index (χ1v) is 17.7. The van der Waals surface area contributed by atoms with Crippen molar-refractivity contribution in [1.29, 1.82) is 0 Å². The van der Waals surface area contributed by atoms with Gasteiger partial charge in [0.25, 0.3) is 0 Å². The third kappa shape index (κ3) is 3.97. The molecular weight excluding hydrogens is 627 g/mol. The summed E-state index contributed by atoms with van der Waals surface area (Å²) in [5, 5.41) is 11.4. The monoisotopic (exact) mass is 653 g/mol. The van der Waals surface area contributed by atoms with Gasteiger partial charge in [-0.3, -0.25) is 0 Å². The number of rotatable bonds is 3. The second-order valence-corrected chi connectivity index (χ2v) is 14.0. The molecule has 0 bridgehead atoms. The number of hydrogen-bond acceptors (Lipinski definition) is 3. The van der Waals surface area contributed by atoms with Crippen LogP contribution >= 0.6 is 11.3 Å². The Balaban J connectivity index is 1.15. The predicted octanol–water partition coefficient (Wildman–Crippen LogP) is 12.7. The van der Waals surface area contributed by atoms with Crippen molar-refractivity contribution in [3.63, 3.8) is 0 Å². The summed E-state index contributed by atoms with van der Waals surface area (Å²) in [5.74, 6) is 0.722. The molecule has 3 aromatic heterocycles. The van der Waals surface area contributed by atoms with Gasteiger partial charge in [-0.1, -0.05) is 115 Å². The molecule has 11 aromatic rings. The number of para-hydroxylation sites is 2. The molecule has 0 aliphatic heterocycles. The van der Waals surface area contributed by atoms with Crippen molar-refractivity contribution in [2.45, 2.75) is 0 Å². The van der Waals surface area contributed by atoms with Gasteiger partial charge in [0.05, 0.1) is 22.2 Å². The van der Waals surface area contributed by atoms with E-state index in [2.05, 4.69) is 156 Å². The van der Waals surface area contributed by atoms with E-state index < -0.39 is 0 Å². The summed E-state index contributed by atoms with van der Waals surface area (Å²) in [6.07, 6.45) is 0. The fourth-order valence-electron chi connectivity index (χ4n) is 7.95.